The number of carbonyl (C=O) groups excluding carboxylic acids is 2. The molecule has 0 aromatic heterocycles. The average molecular weight is 467 g/mol. The number of carbonyl (C=O) groups is 2. The van der Waals surface area contributed by atoms with Crippen LogP contribution in [0.4, 0.5) is 27.6 Å². The SMILES string of the molecule is O=C(/C=C/c1ccc(F)c(C(F)(F)F)c1)NC1(C(=O)Nc2cccc(CF)c2)CCNCC1. The highest BCUT2D eigenvalue weighted by atomic mass is 19.4. The molecule has 0 aliphatic carbocycles. The number of halogens is 5. The molecule has 1 aliphatic rings. The number of rotatable bonds is 6. The Bertz CT molecular complexity index is 1050. The lowest BCUT2D eigenvalue weighted by molar-refractivity contribution is -0.140. The van der Waals surface area contributed by atoms with E-state index in [4.69, 9.17) is 0 Å². The Kier molecular flexibility index (Phi) is 7.47. The summed E-state index contributed by atoms with van der Waals surface area (Å²) < 4.78 is 65.0. The number of hydrogen-bond acceptors (Lipinski definition) is 3. The second-order valence-electron chi connectivity index (χ2n) is 7.68. The van der Waals surface area contributed by atoms with Gasteiger partial charge in [-0.25, -0.2) is 8.78 Å². The molecule has 3 N–H and O–H groups in total. The van der Waals surface area contributed by atoms with E-state index >= 15 is 0 Å². The second kappa shape index (κ2) is 10.1. The van der Waals surface area contributed by atoms with Crippen LogP contribution in [-0.4, -0.2) is 30.4 Å². The lowest BCUT2D eigenvalue weighted by atomic mass is 9.87. The van der Waals surface area contributed by atoms with Crippen LogP contribution in [0, 0.1) is 5.82 Å². The molecule has 176 valence electrons. The molecular weight excluding hydrogens is 445 g/mol. The number of alkyl halides is 4. The van der Waals surface area contributed by atoms with E-state index in [1.54, 1.807) is 18.2 Å². The van der Waals surface area contributed by atoms with Gasteiger partial charge in [0.15, 0.2) is 0 Å². The van der Waals surface area contributed by atoms with Gasteiger partial charge in [0.25, 0.3) is 0 Å². The summed E-state index contributed by atoms with van der Waals surface area (Å²) in [5, 5.41) is 8.45. The summed E-state index contributed by atoms with van der Waals surface area (Å²) >= 11 is 0. The summed E-state index contributed by atoms with van der Waals surface area (Å²) in [4.78, 5) is 25.6. The molecule has 2 aromatic rings. The molecule has 0 unspecified atom stereocenters. The van der Waals surface area contributed by atoms with Crippen molar-refractivity contribution in [2.45, 2.75) is 31.2 Å². The predicted octanol–water partition coefficient (Wildman–Crippen LogP) is 4.20. The molecule has 1 heterocycles. The van der Waals surface area contributed by atoms with Crippen LogP contribution in [0.3, 0.4) is 0 Å². The Morgan fingerprint density at radius 2 is 1.82 bits per heavy atom. The van der Waals surface area contributed by atoms with Gasteiger partial charge in [-0.05, 0) is 67.4 Å². The van der Waals surface area contributed by atoms with E-state index < -0.39 is 41.6 Å². The van der Waals surface area contributed by atoms with Gasteiger partial charge >= 0.3 is 6.18 Å². The smallest absolute Gasteiger partial charge is 0.338 e. The third-order valence-electron chi connectivity index (χ3n) is 5.32. The van der Waals surface area contributed by atoms with Crippen LogP contribution in [-0.2, 0) is 22.4 Å². The number of piperidine rings is 1. The molecule has 2 aromatic carbocycles. The van der Waals surface area contributed by atoms with Gasteiger partial charge in [0.05, 0.1) is 5.56 Å². The monoisotopic (exact) mass is 467 g/mol. The minimum absolute atomic E-state index is 0.0225. The summed E-state index contributed by atoms with van der Waals surface area (Å²) in [6.45, 7) is 0.212. The maximum atomic E-state index is 13.4. The van der Waals surface area contributed by atoms with E-state index in [1.165, 1.54) is 6.07 Å². The van der Waals surface area contributed by atoms with Crippen molar-refractivity contribution in [1.29, 1.82) is 0 Å². The van der Waals surface area contributed by atoms with Crippen molar-refractivity contribution in [3.8, 4) is 0 Å². The largest absolute Gasteiger partial charge is 0.419 e. The number of benzene rings is 2. The van der Waals surface area contributed by atoms with Gasteiger partial charge in [0.2, 0.25) is 11.8 Å². The topological polar surface area (TPSA) is 70.2 Å². The van der Waals surface area contributed by atoms with Crippen molar-refractivity contribution in [3.63, 3.8) is 0 Å². The van der Waals surface area contributed by atoms with Crippen LogP contribution in [0.2, 0.25) is 0 Å². The zero-order chi connectivity index (χ0) is 24.1. The van der Waals surface area contributed by atoms with Crippen molar-refractivity contribution >= 4 is 23.6 Å². The first-order chi connectivity index (χ1) is 15.6. The Balaban J connectivity index is 1.76. The van der Waals surface area contributed by atoms with E-state index in [0.29, 0.717) is 36.5 Å². The van der Waals surface area contributed by atoms with Gasteiger partial charge in [0.1, 0.15) is 18.0 Å². The molecule has 2 amide bonds. The van der Waals surface area contributed by atoms with Crippen LogP contribution in [0.5, 0.6) is 0 Å². The quantitative estimate of drug-likeness (QED) is 0.441. The maximum Gasteiger partial charge on any atom is 0.419 e. The molecule has 1 aliphatic heterocycles. The minimum Gasteiger partial charge on any atom is -0.338 e. The first-order valence-corrected chi connectivity index (χ1v) is 10.2. The predicted molar refractivity (Wildman–Crippen MR) is 113 cm³/mol. The molecule has 1 saturated heterocycles. The van der Waals surface area contributed by atoms with Crippen LogP contribution in [0.25, 0.3) is 6.08 Å². The first-order valence-electron chi connectivity index (χ1n) is 10.2. The maximum absolute atomic E-state index is 13.4. The fourth-order valence-corrected chi connectivity index (χ4v) is 3.56. The van der Waals surface area contributed by atoms with Crippen LogP contribution in [0.1, 0.15) is 29.5 Å². The number of hydrogen-bond donors (Lipinski definition) is 3. The molecule has 0 spiro atoms. The molecule has 5 nitrogen and oxygen atoms in total. The standard InChI is InChI=1S/C23H22F5N3O2/c24-14-16-2-1-3-17(12-16)30-21(33)22(8-10-29-11-9-22)31-20(32)7-5-15-4-6-19(25)18(13-15)23(26,27)28/h1-7,12-13,29H,8-11,14H2,(H,30,33)(H,31,32)/b7-5+. The summed E-state index contributed by atoms with van der Waals surface area (Å²) in [5.41, 5.74) is -1.96. The Morgan fingerprint density at radius 1 is 1.09 bits per heavy atom. The highest BCUT2D eigenvalue weighted by Crippen LogP contribution is 2.32. The lowest BCUT2D eigenvalue weighted by Crippen LogP contribution is -2.61. The summed E-state index contributed by atoms with van der Waals surface area (Å²) in [6.07, 6.45) is -2.21. The van der Waals surface area contributed by atoms with E-state index in [0.717, 1.165) is 18.2 Å². The normalized spacial score (nSPS) is 15.9. The van der Waals surface area contributed by atoms with Crippen LogP contribution >= 0.6 is 0 Å². The summed E-state index contributed by atoms with van der Waals surface area (Å²) in [7, 11) is 0. The van der Waals surface area contributed by atoms with Crippen molar-refractivity contribution in [1.82, 2.24) is 10.6 Å². The van der Waals surface area contributed by atoms with Gasteiger partial charge in [0, 0.05) is 11.8 Å². The Labute approximate surface area is 187 Å². The molecule has 10 heteroatoms. The highest BCUT2D eigenvalue weighted by molar-refractivity contribution is 6.03. The molecule has 1 fully saturated rings. The van der Waals surface area contributed by atoms with E-state index in [1.807, 2.05) is 0 Å². The van der Waals surface area contributed by atoms with Crippen molar-refractivity contribution < 1.29 is 31.5 Å². The van der Waals surface area contributed by atoms with E-state index in [-0.39, 0.29) is 18.4 Å². The Hall–Kier alpha value is -3.27. The molecule has 33 heavy (non-hydrogen) atoms. The molecule has 3 rings (SSSR count). The van der Waals surface area contributed by atoms with Crippen molar-refractivity contribution in [2.24, 2.45) is 0 Å². The highest BCUT2D eigenvalue weighted by Gasteiger charge is 2.40. The Morgan fingerprint density at radius 3 is 2.48 bits per heavy atom. The summed E-state index contributed by atoms with van der Waals surface area (Å²) in [5.74, 6) is -2.59. The number of nitrogens with one attached hydrogen (secondary N) is 3. The first kappa shape index (κ1) is 24.4. The molecule has 0 atom stereocenters. The molecular formula is C23H22F5N3O2. The summed E-state index contributed by atoms with van der Waals surface area (Å²) in [6, 6.07) is 8.64. The van der Waals surface area contributed by atoms with E-state index in [2.05, 4.69) is 16.0 Å². The third-order valence-corrected chi connectivity index (χ3v) is 5.32. The fourth-order valence-electron chi connectivity index (χ4n) is 3.56. The van der Waals surface area contributed by atoms with Crippen LogP contribution < -0.4 is 16.0 Å². The molecule has 0 radical (unpaired) electrons. The van der Waals surface area contributed by atoms with E-state index in [9.17, 15) is 31.5 Å². The molecule has 0 bridgehead atoms. The van der Waals surface area contributed by atoms with Crippen molar-refractivity contribution in [3.05, 3.63) is 71.0 Å². The van der Waals surface area contributed by atoms with Gasteiger partial charge in [-0.15, -0.1) is 0 Å². The zero-order valence-electron chi connectivity index (χ0n) is 17.4. The number of anilines is 1. The molecule has 0 saturated carbocycles. The van der Waals surface area contributed by atoms with Gasteiger partial charge in [-0.2, -0.15) is 13.2 Å². The van der Waals surface area contributed by atoms with Gasteiger partial charge < -0.3 is 16.0 Å². The van der Waals surface area contributed by atoms with Gasteiger partial charge in [-0.1, -0.05) is 18.2 Å². The second-order valence-corrected chi connectivity index (χ2v) is 7.68. The fraction of sp³-hybridized carbons (Fsp3) is 0.304. The third kappa shape index (κ3) is 6.16. The van der Waals surface area contributed by atoms with Crippen molar-refractivity contribution in [2.75, 3.05) is 18.4 Å². The average Bonchev–Trinajstić information content (AvgIpc) is 2.78. The zero-order valence-corrected chi connectivity index (χ0v) is 17.4. The number of amides is 2. The van der Waals surface area contributed by atoms with Crippen LogP contribution in [0.15, 0.2) is 48.5 Å². The lowest BCUT2D eigenvalue weighted by Gasteiger charge is -2.36. The minimum atomic E-state index is -4.87. The van der Waals surface area contributed by atoms with Gasteiger partial charge in [-0.3, -0.25) is 9.59 Å².